The maximum absolute atomic E-state index is 9.74. The van der Waals surface area contributed by atoms with Crippen LogP contribution in [-0.2, 0) is 4.74 Å². The number of ether oxygens (including phenoxy) is 1. The predicted molar refractivity (Wildman–Crippen MR) is 56.7 cm³/mol. The van der Waals surface area contributed by atoms with Gasteiger partial charge in [-0.3, -0.25) is 0 Å². The molecule has 0 spiro atoms. The van der Waals surface area contributed by atoms with Crippen molar-refractivity contribution in [2.75, 3.05) is 27.2 Å². The lowest BCUT2D eigenvalue weighted by molar-refractivity contribution is 0.0397. The molecule has 3 N–H and O–H groups in total. The Bertz CT molecular complexity index is 143. The van der Waals surface area contributed by atoms with Crippen LogP contribution in [0, 0.1) is 0 Å². The van der Waals surface area contributed by atoms with E-state index in [1.165, 1.54) is 0 Å². The van der Waals surface area contributed by atoms with Gasteiger partial charge >= 0.3 is 6.09 Å². The molecule has 0 unspecified atom stereocenters. The predicted octanol–water partition coefficient (Wildman–Crippen LogP) is 0.905. The minimum Gasteiger partial charge on any atom is -0.465 e. The molecule has 0 aliphatic heterocycles. The molecule has 0 saturated heterocycles. The van der Waals surface area contributed by atoms with Crippen LogP contribution in [0.4, 0.5) is 4.79 Å². The summed E-state index contributed by atoms with van der Waals surface area (Å²) in [6.07, 6.45) is -0.972. The number of carbonyl (C=O) groups is 1. The minimum absolute atomic E-state index is 0.0417. The fraction of sp³-hybridized carbons (Fsp3) is 0.889. The van der Waals surface area contributed by atoms with Crippen molar-refractivity contribution in [2.45, 2.75) is 26.4 Å². The van der Waals surface area contributed by atoms with E-state index in [0.29, 0.717) is 13.1 Å². The molecule has 5 nitrogen and oxygen atoms in total. The van der Waals surface area contributed by atoms with Gasteiger partial charge in [0.25, 0.3) is 0 Å². The highest BCUT2D eigenvalue weighted by atomic mass is 16.5. The van der Waals surface area contributed by atoms with Crippen molar-refractivity contribution in [2.24, 2.45) is 0 Å². The number of carboxylic acid groups (broad SMARTS) is 1. The third kappa shape index (κ3) is 22.5. The van der Waals surface area contributed by atoms with Gasteiger partial charge in [-0.05, 0) is 27.8 Å². The molecule has 1 amide bonds. The Morgan fingerprint density at radius 2 is 1.79 bits per heavy atom. The molecule has 0 atom stereocenters. The van der Waals surface area contributed by atoms with Crippen molar-refractivity contribution < 1.29 is 14.6 Å². The summed E-state index contributed by atoms with van der Waals surface area (Å²) < 4.78 is 4.94. The second-order valence-electron chi connectivity index (χ2n) is 3.65. The first-order valence-corrected chi connectivity index (χ1v) is 4.50. The average molecular weight is 206 g/mol. The Morgan fingerprint density at radius 1 is 1.36 bits per heavy atom. The standard InChI is InChI=1S/C5H12O.C4H10N2O2/c1-5(2,3)6-4;1-5-2-3-6-4(7)8/h1-4H3;5-6H,2-3H2,1H3,(H,7,8). The summed E-state index contributed by atoms with van der Waals surface area (Å²) in [5.41, 5.74) is 0.0417. The van der Waals surface area contributed by atoms with E-state index < -0.39 is 6.09 Å². The van der Waals surface area contributed by atoms with Crippen molar-refractivity contribution in [1.82, 2.24) is 10.6 Å². The zero-order chi connectivity index (χ0) is 11.6. The van der Waals surface area contributed by atoms with Crippen LogP contribution in [-0.4, -0.2) is 44.0 Å². The van der Waals surface area contributed by atoms with Gasteiger partial charge in [0.2, 0.25) is 0 Å². The number of rotatable bonds is 3. The van der Waals surface area contributed by atoms with Gasteiger partial charge in [-0.25, -0.2) is 4.79 Å². The summed E-state index contributed by atoms with van der Waals surface area (Å²) >= 11 is 0. The van der Waals surface area contributed by atoms with Gasteiger partial charge in [0.1, 0.15) is 0 Å². The van der Waals surface area contributed by atoms with E-state index in [2.05, 4.69) is 10.6 Å². The smallest absolute Gasteiger partial charge is 0.404 e. The quantitative estimate of drug-likeness (QED) is 0.600. The lowest BCUT2D eigenvalue weighted by Gasteiger charge is -2.14. The molecule has 0 aliphatic rings. The van der Waals surface area contributed by atoms with E-state index in [1.54, 1.807) is 14.2 Å². The average Bonchev–Trinajstić information content (AvgIpc) is 2.04. The molecule has 86 valence electrons. The lowest BCUT2D eigenvalue weighted by atomic mass is 10.2. The highest BCUT2D eigenvalue weighted by Crippen LogP contribution is 2.02. The first kappa shape index (κ1) is 15.7. The second-order valence-corrected chi connectivity index (χ2v) is 3.65. The van der Waals surface area contributed by atoms with Gasteiger partial charge in [0.05, 0.1) is 5.60 Å². The van der Waals surface area contributed by atoms with Crippen LogP contribution in [0.3, 0.4) is 0 Å². The molecule has 0 fully saturated rings. The number of likely N-dealkylation sites (N-methyl/N-ethyl adjacent to an activating group) is 1. The minimum atomic E-state index is -0.972. The van der Waals surface area contributed by atoms with Crippen LogP contribution in [0.15, 0.2) is 0 Å². The first-order chi connectivity index (χ1) is 6.33. The molecular formula is C9H22N2O3. The van der Waals surface area contributed by atoms with E-state index in [-0.39, 0.29) is 5.60 Å². The maximum atomic E-state index is 9.74. The summed E-state index contributed by atoms with van der Waals surface area (Å²) in [5.74, 6) is 0. The zero-order valence-electron chi connectivity index (χ0n) is 9.68. The third-order valence-corrected chi connectivity index (χ3v) is 1.26. The van der Waals surface area contributed by atoms with Crippen LogP contribution < -0.4 is 10.6 Å². The molecule has 0 aromatic rings. The van der Waals surface area contributed by atoms with Crippen molar-refractivity contribution >= 4 is 6.09 Å². The molecule has 0 aromatic heterocycles. The van der Waals surface area contributed by atoms with Crippen molar-refractivity contribution in [3.8, 4) is 0 Å². The molecule has 0 rings (SSSR count). The van der Waals surface area contributed by atoms with Crippen LogP contribution in [0.2, 0.25) is 0 Å². The Hall–Kier alpha value is -0.810. The van der Waals surface area contributed by atoms with Crippen LogP contribution in [0.5, 0.6) is 0 Å². The van der Waals surface area contributed by atoms with E-state index in [0.717, 1.165) is 0 Å². The number of nitrogens with one attached hydrogen (secondary N) is 2. The zero-order valence-corrected chi connectivity index (χ0v) is 9.68. The van der Waals surface area contributed by atoms with Crippen LogP contribution in [0.1, 0.15) is 20.8 Å². The van der Waals surface area contributed by atoms with Crippen molar-refractivity contribution in [1.29, 1.82) is 0 Å². The first-order valence-electron chi connectivity index (χ1n) is 4.50. The molecule has 0 heterocycles. The van der Waals surface area contributed by atoms with Gasteiger partial charge in [-0.15, -0.1) is 0 Å². The van der Waals surface area contributed by atoms with E-state index >= 15 is 0 Å². The highest BCUT2D eigenvalue weighted by Gasteiger charge is 2.03. The van der Waals surface area contributed by atoms with E-state index in [1.807, 2.05) is 20.8 Å². The van der Waals surface area contributed by atoms with Gasteiger partial charge in [0, 0.05) is 20.2 Å². The Kier molecular flexibility index (Phi) is 9.81. The Balaban J connectivity index is 0. The van der Waals surface area contributed by atoms with Crippen LogP contribution >= 0.6 is 0 Å². The topological polar surface area (TPSA) is 70.6 Å². The molecular weight excluding hydrogens is 184 g/mol. The summed E-state index contributed by atoms with van der Waals surface area (Å²) in [7, 11) is 3.48. The molecule has 0 saturated carbocycles. The number of hydrogen-bond acceptors (Lipinski definition) is 3. The second kappa shape index (κ2) is 8.77. The van der Waals surface area contributed by atoms with E-state index in [9.17, 15) is 4.79 Å². The third-order valence-electron chi connectivity index (χ3n) is 1.26. The van der Waals surface area contributed by atoms with Gasteiger partial charge < -0.3 is 20.5 Å². The molecule has 5 heteroatoms. The Labute approximate surface area is 85.8 Å². The number of methoxy groups -OCH3 is 1. The van der Waals surface area contributed by atoms with Crippen molar-refractivity contribution in [3.05, 3.63) is 0 Å². The van der Waals surface area contributed by atoms with Crippen LogP contribution in [0.25, 0.3) is 0 Å². The molecule has 0 aliphatic carbocycles. The van der Waals surface area contributed by atoms with Gasteiger partial charge in [0.15, 0.2) is 0 Å². The number of amides is 1. The summed E-state index contributed by atoms with van der Waals surface area (Å²) in [5, 5.41) is 13.0. The fourth-order valence-corrected chi connectivity index (χ4v) is 0.294. The van der Waals surface area contributed by atoms with Crippen molar-refractivity contribution in [3.63, 3.8) is 0 Å². The molecule has 14 heavy (non-hydrogen) atoms. The van der Waals surface area contributed by atoms with Gasteiger partial charge in [-0.2, -0.15) is 0 Å². The highest BCUT2D eigenvalue weighted by molar-refractivity contribution is 5.64. The molecule has 0 bridgehead atoms. The van der Waals surface area contributed by atoms with E-state index in [4.69, 9.17) is 9.84 Å². The maximum Gasteiger partial charge on any atom is 0.404 e. The molecule has 0 radical (unpaired) electrons. The summed E-state index contributed by atoms with van der Waals surface area (Å²) in [4.78, 5) is 9.74. The summed E-state index contributed by atoms with van der Waals surface area (Å²) in [6, 6.07) is 0. The lowest BCUT2D eigenvalue weighted by Crippen LogP contribution is -2.28. The fourth-order valence-electron chi connectivity index (χ4n) is 0.294. The van der Waals surface area contributed by atoms with Gasteiger partial charge in [-0.1, -0.05) is 0 Å². The number of hydrogen-bond donors (Lipinski definition) is 3. The summed E-state index contributed by atoms with van der Waals surface area (Å²) in [6.45, 7) is 7.20. The molecule has 0 aromatic carbocycles. The monoisotopic (exact) mass is 206 g/mol. The normalized spacial score (nSPS) is 10.1. The largest absolute Gasteiger partial charge is 0.465 e. The SMILES string of the molecule is CNCCNC(=O)O.COC(C)(C)C. The Morgan fingerprint density at radius 3 is 2.00 bits per heavy atom.